The van der Waals surface area contributed by atoms with Crippen LogP contribution in [-0.4, -0.2) is 63.0 Å². The first-order valence-electron chi connectivity index (χ1n) is 15.1. The van der Waals surface area contributed by atoms with Gasteiger partial charge in [-0.1, -0.05) is 23.7 Å². The van der Waals surface area contributed by atoms with Crippen molar-refractivity contribution in [2.24, 2.45) is 0 Å². The van der Waals surface area contributed by atoms with Gasteiger partial charge in [0.1, 0.15) is 17.8 Å². The van der Waals surface area contributed by atoms with Crippen LogP contribution < -0.4 is 13.8 Å². The Bertz CT molecular complexity index is 1850. The minimum atomic E-state index is -4.43. The summed E-state index contributed by atoms with van der Waals surface area (Å²) in [6.45, 7) is 5.29. The highest BCUT2D eigenvalue weighted by atomic mass is 35.5. The van der Waals surface area contributed by atoms with Crippen LogP contribution in [-0.2, 0) is 26.9 Å². The van der Waals surface area contributed by atoms with Crippen molar-refractivity contribution in [2.75, 3.05) is 32.1 Å². The average molecular weight is 665 g/mol. The molecule has 0 spiro atoms. The Morgan fingerprint density at radius 1 is 1.07 bits per heavy atom. The van der Waals surface area contributed by atoms with Crippen LogP contribution in [0.1, 0.15) is 55.3 Å². The summed E-state index contributed by atoms with van der Waals surface area (Å²) < 4.78 is 47.0. The van der Waals surface area contributed by atoms with Crippen molar-refractivity contribution in [2.45, 2.75) is 55.8 Å². The number of fused-ring (bicyclic) bond motifs is 1. The van der Waals surface area contributed by atoms with Crippen molar-refractivity contribution in [3.8, 4) is 11.5 Å². The van der Waals surface area contributed by atoms with Gasteiger partial charge in [0, 0.05) is 35.3 Å². The summed E-state index contributed by atoms with van der Waals surface area (Å²) in [4.78, 5) is 24.1. The van der Waals surface area contributed by atoms with Gasteiger partial charge in [-0.05, 0) is 87.8 Å². The number of hydrogen-bond acceptors (Lipinski definition) is 9. The third-order valence-corrected chi connectivity index (χ3v) is 11.0. The summed E-state index contributed by atoms with van der Waals surface area (Å²) >= 11 is 6.53. The second-order valence-electron chi connectivity index (χ2n) is 11.9. The Kier molecular flexibility index (Phi) is 8.62. The number of carbonyl (C=O) groups is 1. The molecule has 2 atom stereocenters. The highest BCUT2D eigenvalue weighted by Gasteiger charge is 2.62. The van der Waals surface area contributed by atoms with Crippen LogP contribution in [0.5, 0.6) is 11.5 Å². The van der Waals surface area contributed by atoms with Crippen molar-refractivity contribution >= 4 is 33.2 Å². The number of methoxy groups -OCH3 is 2. The van der Waals surface area contributed by atoms with Gasteiger partial charge in [-0.15, -0.1) is 0 Å². The second-order valence-corrected chi connectivity index (χ2v) is 14.1. The third-order valence-electron chi connectivity index (χ3n) is 9.05. The van der Waals surface area contributed by atoms with E-state index in [1.165, 1.54) is 31.6 Å². The summed E-state index contributed by atoms with van der Waals surface area (Å²) in [5.41, 5.74) is 0.498. The Balaban J connectivity index is 1.65. The van der Waals surface area contributed by atoms with Gasteiger partial charge in [0.2, 0.25) is 5.89 Å². The molecule has 1 fully saturated rings. The fourth-order valence-corrected chi connectivity index (χ4v) is 8.18. The summed E-state index contributed by atoms with van der Waals surface area (Å²) in [5.74, 6) is 0.730. The summed E-state index contributed by atoms with van der Waals surface area (Å²) in [6.07, 6.45) is 4.47. The summed E-state index contributed by atoms with van der Waals surface area (Å²) in [6, 6.07) is 16.6. The quantitative estimate of drug-likeness (QED) is 0.202. The molecule has 3 aromatic carbocycles. The maximum absolute atomic E-state index is 15.5. The van der Waals surface area contributed by atoms with Gasteiger partial charge in [-0.3, -0.25) is 14.6 Å². The smallest absolute Gasteiger partial charge is 0.271 e. The standard InChI is InChI=1S/C34H37ClN4O6S/c1-22(2)37(3)21-23-8-15-31(44-5)28(19-23)34(38-17-6-7-29(38)32-36-16-18-45-32)27-14-9-24(35)20-30(27)39(33(34)40)46(41,42)26-12-10-25(43-4)11-13-26/h8-16,18-20,22,29H,6-7,17,21H2,1-5H3. The van der Waals surface area contributed by atoms with Crippen LogP contribution in [0.15, 0.2) is 82.4 Å². The lowest BCUT2D eigenvalue weighted by Crippen LogP contribution is -2.54. The van der Waals surface area contributed by atoms with Crippen LogP contribution in [0.3, 0.4) is 0 Å². The summed E-state index contributed by atoms with van der Waals surface area (Å²) in [7, 11) is 0.657. The van der Waals surface area contributed by atoms with E-state index in [4.69, 9.17) is 25.5 Å². The predicted molar refractivity (Wildman–Crippen MR) is 175 cm³/mol. The van der Waals surface area contributed by atoms with Crippen LogP contribution in [0.4, 0.5) is 5.69 Å². The Morgan fingerprint density at radius 2 is 1.83 bits per heavy atom. The fraction of sp³-hybridized carbons (Fsp3) is 0.353. The van der Waals surface area contributed by atoms with Gasteiger partial charge in [-0.2, -0.15) is 0 Å². The van der Waals surface area contributed by atoms with Gasteiger partial charge < -0.3 is 13.9 Å². The zero-order chi connectivity index (χ0) is 32.8. The lowest BCUT2D eigenvalue weighted by atomic mass is 9.80. The minimum Gasteiger partial charge on any atom is -0.497 e. The first-order valence-corrected chi connectivity index (χ1v) is 16.9. The van der Waals surface area contributed by atoms with Crippen LogP contribution in [0, 0.1) is 0 Å². The van der Waals surface area contributed by atoms with Crippen molar-refractivity contribution in [3.05, 3.63) is 101 Å². The van der Waals surface area contributed by atoms with Gasteiger partial charge in [0.15, 0.2) is 5.54 Å². The highest BCUT2D eigenvalue weighted by Crippen LogP contribution is 2.56. The average Bonchev–Trinajstić information content (AvgIpc) is 3.79. The maximum atomic E-state index is 15.5. The number of sulfonamides is 1. The molecule has 10 nitrogen and oxygen atoms in total. The number of anilines is 1. The Hall–Kier alpha value is -3.90. The normalized spacial score (nSPS) is 20.1. The van der Waals surface area contributed by atoms with E-state index in [9.17, 15) is 8.42 Å². The van der Waals surface area contributed by atoms with Crippen molar-refractivity contribution in [1.82, 2.24) is 14.8 Å². The van der Waals surface area contributed by atoms with Gasteiger partial charge in [0.25, 0.3) is 15.9 Å². The number of benzene rings is 3. The van der Waals surface area contributed by atoms with Gasteiger partial charge in [-0.25, -0.2) is 17.7 Å². The highest BCUT2D eigenvalue weighted by molar-refractivity contribution is 7.93. The van der Waals surface area contributed by atoms with Crippen LogP contribution in [0.25, 0.3) is 0 Å². The Labute approximate surface area is 274 Å². The molecule has 4 aromatic rings. The molecule has 0 aliphatic carbocycles. The van der Waals surface area contributed by atoms with E-state index in [1.807, 2.05) is 30.1 Å². The number of likely N-dealkylation sites (tertiary alicyclic amines) is 1. The van der Waals surface area contributed by atoms with E-state index in [0.717, 1.165) is 16.3 Å². The number of oxazole rings is 1. The first-order chi connectivity index (χ1) is 22.0. The molecule has 242 valence electrons. The zero-order valence-corrected chi connectivity index (χ0v) is 28.0. The molecule has 1 saturated heterocycles. The molecule has 2 aliphatic rings. The predicted octanol–water partition coefficient (Wildman–Crippen LogP) is 6.00. The molecule has 6 rings (SSSR count). The van der Waals surface area contributed by atoms with E-state index in [0.29, 0.717) is 53.0 Å². The molecule has 12 heteroatoms. The van der Waals surface area contributed by atoms with Gasteiger partial charge >= 0.3 is 0 Å². The molecule has 0 radical (unpaired) electrons. The SMILES string of the molecule is COc1ccc(S(=O)(=O)N2C(=O)C(c3cc(CN(C)C(C)C)ccc3OC)(N3CCCC3c3ncco3)c3ccc(Cl)cc32)cc1. The van der Waals surface area contributed by atoms with Crippen LogP contribution >= 0.6 is 11.6 Å². The fourth-order valence-electron chi connectivity index (χ4n) is 6.57. The number of nitrogens with zero attached hydrogens (tertiary/aromatic N) is 4. The van der Waals surface area contributed by atoms with E-state index in [2.05, 4.69) is 23.7 Å². The topological polar surface area (TPSA) is 105 Å². The largest absolute Gasteiger partial charge is 0.497 e. The van der Waals surface area contributed by atoms with E-state index in [1.54, 1.807) is 37.6 Å². The number of ether oxygens (including phenoxy) is 2. The molecule has 2 unspecified atom stereocenters. The molecular weight excluding hydrogens is 628 g/mol. The molecule has 1 amide bonds. The number of aromatic nitrogens is 1. The second kappa shape index (κ2) is 12.4. The number of halogens is 1. The monoisotopic (exact) mass is 664 g/mol. The van der Waals surface area contributed by atoms with E-state index >= 15 is 4.79 Å². The van der Waals surface area contributed by atoms with Crippen molar-refractivity contribution in [1.29, 1.82) is 0 Å². The first kappa shape index (κ1) is 32.1. The molecule has 1 aromatic heterocycles. The molecule has 3 heterocycles. The van der Waals surface area contributed by atoms with Crippen molar-refractivity contribution < 1.29 is 27.1 Å². The number of carbonyl (C=O) groups excluding carboxylic acids is 1. The number of amides is 1. The lowest BCUT2D eigenvalue weighted by Gasteiger charge is -2.41. The number of hydrogen-bond donors (Lipinski definition) is 0. The van der Waals surface area contributed by atoms with E-state index < -0.39 is 27.5 Å². The summed E-state index contributed by atoms with van der Waals surface area (Å²) in [5, 5.41) is 0.294. The van der Waals surface area contributed by atoms with Crippen LogP contribution in [0.2, 0.25) is 5.02 Å². The third kappa shape index (κ3) is 5.15. The minimum absolute atomic E-state index is 0.0617. The zero-order valence-electron chi connectivity index (χ0n) is 26.4. The maximum Gasteiger partial charge on any atom is 0.271 e. The van der Waals surface area contributed by atoms with Gasteiger partial charge in [0.05, 0.1) is 37.0 Å². The lowest BCUT2D eigenvalue weighted by molar-refractivity contribution is -0.127. The van der Waals surface area contributed by atoms with E-state index in [-0.39, 0.29) is 16.6 Å². The molecule has 2 aliphatic heterocycles. The molecule has 0 N–H and O–H groups in total. The molecule has 0 saturated carbocycles. The Morgan fingerprint density at radius 3 is 2.48 bits per heavy atom. The molecule has 0 bridgehead atoms. The molecule has 46 heavy (non-hydrogen) atoms. The van der Waals surface area contributed by atoms with Crippen molar-refractivity contribution in [3.63, 3.8) is 0 Å². The number of rotatable bonds is 10. The molecular formula is C34H37ClN4O6S.